The molecule has 2 heterocycles. The summed E-state index contributed by atoms with van der Waals surface area (Å²) in [6.45, 7) is 2.67. The Bertz CT molecular complexity index is 1180. The third-order valence-corrected chi connectivity index (χ3v) is 4.72. The number of benzene rings is 2. The zero-order chi connectivity index (χ0) is 21.1. The van der Waals surface area contributed by atoms with E-state index in [2.05, 4.69) is 20.3 Å². The maximum Gasteiger partial charge on any atom is 0.163 e. The van der Waals surface area contributed by atoms with E-state index in [0.29, 0.717) is 46.9 Å². The summed E-state index contributed by atoms with van der Waals surface area (Å²) in [6, 6.07) is 5.99. The molecule has 0 bridgehead atoms. The van der Waals surface area contributed by atoms with Crippen LogP contribution in [0.25, 0.3) is 10.9 Å². The van der Waals surface area contributed by atoms with Gasteiger partial charge in [-0.3, -0.25) is 0 Å². The zero-order valence-electron chi connectivity index (χ0n) is 16.5. The van der Waals surface area contributed by atoms with Crippen LogP contribution in [-0.4, -0.2) is 38.3 Å². The minimum Gasteiger partial charge on any atom is -0.508 e. The second-order valence-electron chi connectivity index (χ2n) is 6.58. The molecule has 0 spiro atoms. The molecular weight excluding hydrogens is 389 g/mol. The van der Waals surface area contributed by atoms with Crippen molar-refractivity contribution in [2.45, 2.75) is 13.5 Å². The number of phenols is 1. The average Bonchev–Trinajstić information content (AvgIpc) is 3.27. The molecule has 2 aromatic carbocycles. The Morgan fingerprint density at radius 2 is 2.07 bits per heavy atom. The van der Waals surface area contributed by atoms with Crippen LogP contribution in [0.3, 0.4) is 0 Å². The minimum absolute atomic E-state index is 0.0107. The van der Waals surface area contributed by atoms with Gasteiger partial charge in [0.25, 0.3) is 0 Å². The summed E-state index contributed by atoms with van der Waals surface area (Å²) in [6.07, 6.45) is 6.66. The average molecular weight is 409 g/mol. The number of anilines is 2. The molecule has 9 heteroatoms. The van der Waals surface area contributed by atoms with Crippen LogP contribution in [-0.2, 0) is 6.54 Å². The topological polar surface area (TPSA) is 94.3 Å². The van der Waals surface area contributed by atoms with E-state index in [1.807, 2.05) is 10.8 Å². The maximum atomic E-state index is 14.3. The second kappa shape index (κ2) is 8.24. The molecule has 0 saturated heterocycles. The summed E-state index contributed by atoms with van der Waals surface area (Å²) in [4.78, 5) is 12.5. The van der Waals surface area contributed by atoms with Crippen molar-refractivity contribution in [1.29, 1.82) is 0 Å². The fraction of sp³-hybridized carbons (Fsp3) is 0.190. The van der Waals surface area contributed by atoms with Crippen LogP contribution in [0.2, 0.25) is 0 Å². The SMILES string of the molecule is COc1cc2c(Nc3c(F)ccc(O)c3C)ncnc2cc1OCCn1ccnc1. The number of nitrogens with one attached hydrogen (secondary N) is 1. The molecule has 2 aromatic heterocycles. The lowest BCUT2D eigenvalue weighted by Gasteiger charge is -2.15. The highest BCUT2D eigenvalue weighted by atomic mass is 19.1. The van der Waals surface area contributed by atoms with Gasteiger partial charge in [0.15, 0.2) is 11.5 Å². The third-order valence-electron chi connectivity index (χ3n) is 4.72. The Morgan fingerprint density at radius 1 is 1.20 bits per heavy atom. The number of nitrogens with zero attached hydrogens (tertiary/aromatic N) is 4. The van der Waals surface area contributed by atoms with Gasteiger partial charge in [0, 0.05) is 29.4 Å². The van der Waals surface area contributed by atoms with Gasteiger partial charge in [0.1, 0.15) is 30.3 Å². The van der Waals surface area contributed by atoms with Gasteiger partial charge >= 0.3 is 0 Å². The van der Waals surface area contributed by atoms with Crippen molar-refractivity contribution in [2.24, 2.45) is 0 Å². The molecule has 0 atom stereocenters. The van der Waals surface area contributed by atoms with Crippen molar-refractivity contribution in [3.8, 4) is 17.2 Å². The van der Waals surface area contributed by atoms with Gasteiger partial charge in [0.2, 0.25) is 0 Å². The highest BCUT2D eigenvalue weighted by Crippen LogP contribution is 2.36. The van der Waals surface area contributed by atoms with Crippen molar-refractivity contribution in [3.63, 3.8) is 0 Å². The van der Waals surface area contributed by atoms with Gasteiger partial charge in [-0.1, -0.05) is 0 Å². The lowest BCUT2D eigenvalue weighted by molar-refractivity contribution is 0.280. The zero-order valence-corrected chi connectivity index (χ0v) is 16.5. The van der Waals surface area contributed by atoms with Gasteiger partial charge in [-0.25, -0.2) is 19.3 Å². The van der Waals surface area contributed by atoms with Crippen LogP contribution >= 0.6 is 0 Å². The Labute approximate surface area is 172 Å². The van der Waals surface area contributed by atoms with Gasteiger partial charge in [-0.15, -0.1) is 0 Å². The second-order valence-corrected chi connectivity index (χ2v) is 6.58. The normalized spacial score (nSPS) is 10.9. The van der Waals surface area contributed by atoms with Gasteiger partial charge in [0.05, 0.1) is 31.2 Å². The smallest absolute Gasteiger partial charge is 0.163 e. The molecule has 0 aliphatic heterocycles. The van der Waals surface area contributed by atoms with Crippen molar-refractivity contribution in [2.75, 3.05) is 19.0 Å². The molecule has 0 unspecified atom stereocenters. The van der Waals surface area contributed by atoms with Crippen molar-refractivity contribution >= 4 is 22.4 Å². The molecule has 4 rings (SSSR count). The number of aromatic hydroxyl groups is 1. The molecule has 8 nitrogen and oxygen atoms in total. The quantitative estimate of drug-likeness (QED) is 0.479. The summed E-state index contributed by atoms with van der Waals surface area (Å²) >= 11 is 0. The van der Waals surface area contributed by atoms with E-state index < -0.39 is 5.82 Å². The Kier molecular flexibility index (Phi) is 5.34. The monoisotopic (exact) mass is 409 g/mol. The molecule has 0 fully saturated rings. The summed E-state index contributed by atoms with van der Waals surface area (Å²) < 4.78 is 27.6. The van der Waals surface area contributed by atoms with E-state index in [-0.39, 0.29) is 11.4 Å². The van der Waals surface area contributed by atoms with E-state index in [1.165, 1.54) is 18.5 Å². The largest absolute Gasteiger partial charge is 0.508 e. The van der Waals surface area contributed by atoms with Crippen molar-refractivity contribution < 1.29 is 19.0 Å². The van der Waals surface area contributed by atoms with Crippen LogP contribution in [0.5, 0.6) is 17.2 Å². The summed E-state index contributed by atoms with van der Waals surface area (Å²) in [5.74, 6) is 0.913. The molecule has 2 N–H and O–H groups in total. The number of rotatable bonds is 7. The lowest BCUT2D eigenvalue weighted by Crippen LogP contribution is -2.07. The van der Waals surface area contributed by atoms with Crippen molar-refractivity contribution in [1.82, 2.24) is 19.5 Å². The molecule has 154 valence electrons. The van der Waals surface area contributed by atoms with E-state index in [0.717, 1.165) is 0 Å². The number of imidazole rings is 1. The Morgan fingerprint density at radius 3 is 2.83 bits per heavy atom. The first-order valence-electron chi connectivity index (χ1n) is 9.23. The summed E-state index contributed by atoms with van der Waals surface area (Å²) in [5.41, 5.74) is 1.13. The van der Waals surface area contributed by atoms with Gasteiger partial charge in [-0.2, -0.15) is 0 Å². The molecular formula is C21H20FN5O3. The number of hydrogen-bond donors (Lipinski definition) is 2. The van der Waals surface area contributed by atoms with Crippen LogP contribution in [0.4, 0.5) is 15.9 Å². The van der Waals surface area contributed by atoms with Gasteiger partial charge in [-0.05, 0) is 25.1 Å². The van der Waals surface area contributed by atoms with E-state index in [1.54, 1.807) is 38.7 Å². The first-order valence-corrected chi connectivity index (χ1v) is 9.23. The van der Waals surface area contributed by atoms with Gasteiger partial charge < -0.3 is 24.5 Å². The van der Waals surface area contributed by atoms with Crippen LogP contribution in [0, 0.1) is 12.7 Å². The van der Waals surface area contributed by atoms with E-state index in [9.17, 15) is 9.50 Å². The maximum absolute atomic E-state index is 14.3. The molecule has 30 heavy (non-hydrogen) atoms. The number of hydrogen-bond acceptors (Lipinski definition) is 7. The number of fused-ring (bicyclic) bond motifs is 1. The highest BCUT2D eigenvalue weighted by molar-refractivity contribution is 5.93. The number of methoxy groups -OCH3 is 1. The lowest BCUT2D eigenvalue weighted by atomic mass is 10.1. The predicted molar refractivity (Wildman–Crippen MR) is 110 cm³/mol. The Hall–Kier alpha value is -3.88. The molecule has 0 saturated carbocycles. The summed E-state index contributed by atoms with van der Waals surface area (Å²) in [7, 11) is 1.54. The van der Waals surface area contributed by atoms with Crippen LogP contribution in [0.1, 0.15) is 5.56 Å². The number of ether oxygens (including phenoxy) is 2. The number of aromatic nitrogens is 4. The molecule has 4 aromatic rings. The highest BCUT2D eigenvalue weighted by Gasteiger charge is 2.15. The van der Waals surface area contributed by atoms with E-state index in [4.69, 9.17) is 9.47 Å². The first-order chi connectivity index (χ1) is 14.6. The first kappa shape index (κ1) is 19.4. The fourth-order valence-corrected chi connectivity index (χ4v) is 3.06. The number of phenolic OH excluding ortho intramolecular Hbond substituents is 1. The molecule has 0 radical (unpaired) electrons. The minimum atomic E-state index is -0.497. The molecule has 0 aliphatic carbocycles. The number of halogens is 1. The predicted octanol–water partition coefficient (Wildman–Crippen LogP) is 3.81. The molecule has 0 amide bonds. The van der Waals surface area contributed by atoms with Crippen LogP contribution in [0.15, 0.2) is 49.3 Å². The third kappa shape index (κ3) is 3.82. The van der Waals surface area contributed by atoms with E-state index >= 15 is 0 Å². The summed E-state index contributed by atoms with van der Waals surface area (Å²) in [5, 5.41) is 13.5. The van der Waals surface area contributed by atoms with Crippen molar-refractivity contribution in [3.05, 3.63) is 60.7 Å². The standard InChI is InChI=1S/C21H20FN5O3/c1-13-17(28)4-3-15(22)20(13)26-21-14-9-18(29-2)19(10-16(14)24-11-25-21)30-8-7-27-6-5-23-12-27/h3-6,9-12,28H,7-8H2,1-2H3,(H,24,25,26). The van der Waals surface area contributed by atoms with Crippen LogP contribution < -0.4 is 14.8 Å². The Balaban J connectivity index is 1.65. The molecule has 0 aliphatic rings. The fourth-order valence-electron chi connectivity index (χ4n) is 3.06.